The fourth-order valence-corrected chi connectivity index (χ4v) is 3.79. The van der Waals surface area contributed by atoms with Crippen LogP contribution in [-0.2, 0) is 11.5 Å². The van der Waals surface area contributed by atoms with Crippen molar-refractivity contribution < 1.29 is 9.13 Å². The molecule has 0 spiro atoms. The Morgan fingerprint density at radius 1 is 1.29 bits per heavy atom. The Hall–Kier alpha value is -2.69. The molecule has 1 aromatic carbocycles. The Kier molecular flexibility index (Phi) is 5.82. The number of nitrogens with one attached hydrogen (secondary N) is 1. The number of hydrogen-bond donors (Lipinski definition) is 1. The zero-order chi connectivity index (χ0) is 20.3. The van der Waals surface area contributed by atoms with Crippen molar-refractivity contribution in [3.8, 4) is 28.6 Å². The predicted octanol–water partition coefficient (Wildman–Crippen LogP) is 5.18. The van der Waals surface area contributed by atoms with Crippen LogP contribution in [0.4, 0.5) is 4.39 Å². The average Bonchev–Trinajstić information content (AvgIpc) is 3.25. The Morgan fingerprint density at radius 2 is 2.07 bits per heavy atom. The SMILES string of the molecule is Cc1ccc(-c2c(C#N)cc(-c3cn[nH]c3)n2COCC[Si](C)(C)C)c(F)c1. The van der Waals surface area contributed by atoms with Crippen molar-refractivity contribution in [2.45, 2.75) is 39.3 Å². The van der Waals surface area contributed by atoms with E-state index in [0.29, 0.717) is 23.4 Å². The van der Waals surface area contributed by atoms with Crippen molar-refractivity contribution in [1.82, 2.24) is 14.8 Å². The summed E-state index contributed by atoms with van der Waals surface area (Å²) in [5.74, 6) is -0.350. The van der Waals surface area contributed by atoms with Gasteiger partial charge in [0.15, 0.2) is 0 Å². The lowest BCUT2D eigenvalue weighted by atomic mass is 10.1. The minimum Gasteiger partial charge on any atom is -0.361 e. The third-order valence-corrected chi connectivity index (χ3v) is 6.31. The number of H-pyrrole nitrogens is 1. The van der Waals surface area contributed by atoms with Crippen LogP contribution in [0, 0.1) is 24.1 Å². The monoisotopic (exact) mass is 396 g/mol. The van der Waals surface area contributed by atoms with Crippen molar-refractivity contribution >= 4 is 8.07 Å². The van der Waals surface area contributed by atoms with Gasteiger partial charge in [-0.3, -0.25) is 5.10 Å². The molecule has 146 valence electrons. The molecule has 0 bridgehead atoms. The highest BCUT2D eigenvalue weighted by Gasteiger charge is 2.21. The van der Waals surface area contributed by atoms with Crippen molar-refractivity contribution in [2.75, 3.05) is 6.61 Å². The second-order valence-electron chi connectivity index (χ2n) is 8.15. The highest BCUT2D eigenvalue weighted by Crippen LogP contribution is 2.34. The number of benzene rings is 1. The van der Waals surface area contributed by atoms with Crippen LogP contribution in [0.15, 0.2) is 36.7 Å². The Balaban J connectivity index is 2.05. The molecule has 0 unspecified atom stereocenters. The van der Waals surface area contributed by atoms with Gasteiger partial charge in [-0.1, -0.05) is 25.7 Å². The fourth-order valence-electron chi connectivity index (χ4n) is 3.04. The van der Waals surface area contributed by atoms with Gasteiger partial charge in [-0.05, 0) is 36.7 Å². The third kappa shape index (κ3) is 4.41. The highest BCUT2D eigenvalue weighted by molar-refractivity contribution is 6.76. The summed E-state index contributed by atoms with van der Waals surface area (Å²) in [4.78, 5) is 0. The number of aromatic nitrogens is 3. The smallest absolute Gasteiger partial charge is 0.132 e. The van der Waals surface area contributed by atoms with Gasteiger partial charge in [0.25, 0.3) is 0 Å². The molecule has 0 saturated heterocycles. The van der Waals surface area contributed by atoms with E-state index in [1.807, 2.05) is 17.6 Å². The Morgan fingerprint density at radius 3 is 2.68 bits per heavy atom. The van der Waals surface area contributed by atoms with Crippen LogP contribution in [0.3, 0.4) is 0 Å². The molecule has 0 amide bonds. The van der Waals surface area contributed by atoms with Crippen LogP contribution in [0.5, 0.6) is 0 Å². The van der Waals surface area contributed by atoms with Crippen LogP contribution in [-0.4, -0.2) is 29.4 Å². The van der Waals surface area contributed by atoms with Gasteiger partial charge in [0, 0.05) is 32.0 Å². The van der Waals surface area contributed by atoms with Gasteiger partial charge in [-0.2, -0.15) is 10.4 Å². The number of ether oxygens (including phenoxy) is 1. The van der Waals surface area contributed by atoms with E-state index in [-0.39, 0.29) is 12.5 Å². The minimum absolute atomic E-state index is 0.245. The number of rotatable bonds is 7. The summed E-state index contributed by atoms with van der Waals surface area (Å²) >= 11 is 0. The normalized spacial score (nSPS) is 11.6. The second-order valence-corrected chi connectivity index (χ2v) is 13.8. The average molecular weight is 397 g/mol. The molecule has 0 saturated carbocycles. The molecule has 3 rings (SSSR count). The van der Waals surface area contributed by atoms with Gasteiger partial charge < -0.3 is 9.30 Å². The maximum atomic E-state index is 14.8. The summed E-state index contributed by atoms with van der Waals surface area (Å²) in [5.41, 5.74) is 3.76. The van der Waals surface area contributed by atoms with E-state index in [4.69, 9.17) is 4.74 Å². The van der Waals surface area contributed by atoms with Gasteiger partial charge in [0.2, 0.25) is 0 Å². The first-order chi connectivity index (χ1) is 13.3. The Bertz CT molecular complexity index is 997. The zero-order valence-corrected chi connectivity index (χ0v) is 17.7. The fraction of sp³-hybridized carbons (Fsp3) is 0.333. The number of nitrogens with zero attached hydrogens (tertiary/aromatic N) is 3. The van der Waals surface area contributed by atoms with Crippen molar-refractivity contribution in [3.05, 3.63) is 53.6 Å². The van der Waals surface area contributed by atoms with Gasteiger partial charge in [-0.15, -0.1) is 0 Å². The first kappa shape index (κ1) is 20.1. The molecule has 28 heavy (non-hydrogen) atoms. The number of aryl methyl sites for hydroxylation is 1. The molecule has 0 fully saturated rings. The topological polar surface area (TPSA) is 66.6 Å². The van der Waals surface area contributed by atoms with E-state index in [1.165, 1.54) is 6.07 Å². The maximum Gasteiger partial charge on any atom is 0.132 e. The molecular formula is C21H25FN4OSi. The quantitative estimate of drug-likeness (QED) is 0.442. The molecule has 0 atom stereocenters. The summed E-state index contributed by atoms with van der Waals surface area (Å²) in [5, 5.41) is 16.5. The summed E-state index contributed by atoms with van der Waals surface area (Å²) in [6.07, 6.45) is 3.44. The molecule has 5 nitrogen and oxygen atoms in total. The minimum atomic E-state index is -1.22. The van der Waals surface area contributed by atoms with E-state index < -0.39 is 8.07 Å². The van der Waals surface area contributed by atoms with Crippen molar-refractivity contribution in [2.24, 2.45) is 0 Å². The number of aromatic amines is 1. The van der Waals surface area contributed by atoms with Gasteiger partial charge in [0.1, 0.15) is 18.6 Å². The molecular weight excluding hydrogens is 371 g/mol. The van der Waals surface area contributed by atoms with E-state index in [9.17, 15) is 9.65 Å². The lowest BCUT2D eigenvalue weighted by molar-refractivity contribution is 0.0895. The second kappa shape index (κ2) is 8.13. The van der Waals surface area contributed by atoms with Gasteiger partial charge in [0.05, 0.1) is 23.1 Å². The van der Waals surface area contributed by atoms with Crippen LogP contribution in [0.1, 0.15) is 11.1 Å². The molecule has 1 N–H and O–H groups in total. The van der Waals surface area contributed by atoms with E-state index in [2.05, 4.69) is 35.9 Å². The lowest BCUT2D eigenvalue weighted by Gasteiger charge is -2.18. The standard InChI is InChI=1S/C21H25FN4OSi/c1-15-5-6-18(19(22)9-15)21-16(11-23)10-20(17-12-24-25-13-17)26(21)14-27-7-8-28(2,3)4/h5-6,9-10,12-13H,7-8,14H2,1-4H3,(H,24,25). The van der Waals surface area contributed by atoms with E-state index in [1.54, 1.807) is 24.5 Å². The van der Waals surface area contributed by atoms with Crippen LogP contribution in [0.25, 0.3) is 22.5 Å². The zero-order valence-electron chi connectivity index (χ0n) is 16.7. The lowest BCUT2D eigenvalue weighted by Crippen LogP contribution is -2.22. The van der Waals surface area contributed by atoms with Gasteiger partial charge in [-0.25, -0.2) is 4.39 Å². The van der Waals surface area contributed by atoms with Crippen LogP contribution >= 0.6 is 0 Å². The molecule has 0 aliphatic carbocycles. The summed E-state index contributed by atoms with van der Waals surface area (Å²) in [7, 11) is -1.22. The molecule has 3 aromatic rings. The first-order valence-electron chi connectivity index (χ1n) is 9.27. The highest BCUT2D eigenvalue weighted by atomic mass is 28.3. The Labute approximate surface area is 165 Å². The van der Waals surface area contributed by atoms with Gasteiger partial charge >= 0.3 is 0 Å². The number of nitriles is 1. The summed E-state index contributed by atoms with van der Waals surface area (Å²) in [6.45, 7) is 9.61. The molecule has 0 aliphatic heterocycles. The number of hydrogen-bond acceptors (Lipinski definition) is 3. The van der Waals surface area contributed by atoms with E-state index >= 15 is 0 Å². The first-order valence-corrected chi connectivity index (χ1v) is 13.0. The largest absolute Gasteiger partial charge is 0.361 e. The maximum absolute atomic E-state index is 14.8. The summed E-state index contributed by atoms with van der Waals surface area (Å²) in [6, 6.07) is 10.1. The van der Waals surface area contributed by atoms with Crippen LogP contribution < -0.4 is 0 Å². The molecule has 2 aromatic heterocycles. The van der Waals surface area contributed by atoms with Crippen molar-refractivity contribution in [3.63, 3.8) is 0 Å². The summed E-state index contributed by atoms with van der Waals surface area (Å²) < 4.78 is 22.6. The van der Waals surface area contributed by atoms with Crippen LogP contribution in [0.2, 0.25) is 25.7 Å². The van der Waals surface area contributed by atoms with E-state index in [0.717, 1.165) is 22.9 Å². The molecule has 2 heterocycles. The molecule has 0 radical (unpaired) electrons. The molecule has 0 aliphatic rings. The number of halogens is 1. The van der Waals surface area contributed by atoms with Crippen molar-refractivity contribution in [1.29, 1.82) is 5.26 Å². The third-order valence-electron chi connectivity index (χ3n) is 4.61. The molecule has 7 heteroatoms. The predicted molar refractivity (Wildman–Crippen MR) is 111 cm³/mol.